The van der Waals surface area contributed by atoms with Gasteiger partial charge in [0, 0.05) is 17.7 Å². The molecule has 9 heteroatoms. The maximum absolute atomic E-state index is 11.9. The Balaban J connectivity index is 2.32. The summed E-state index contributed by atoms with van der Waals surface area (Å²) in [4.78, 5) is 22.0. The Morgan fingerprint density at radius 3 is 2.65 bits per heavy atom. The number of anilines is 1. The summed E-state index contributed by atoms with van der Waals surface area (Å²) in [6.07, 6.45) is 0. The number of hydrogen-bond acceptors (Lipinski definition) is 5. The van der Waals surface area contributed by atoms with E-state index < -0.39 is 16.5 Å². The third kappa shape index (κ3) is 2.89. The number of nitro groups is 1. The van der Waals surface area contributed by atoms with E-state index in [0.29, 0.717) is 5.69 Å². The van der Waals surface area contributed by atoms with Gasteiger partial charge in [-0.2, -0.15) is 0 Å². The number of hydrogen-bond donors (Lipinski definition) is 1. The van der Waals surface area contributed by atoms with Gasteiger partial charge in [-0.1, -0.05) is 28.4 Å². The van der Waals surface area contributed by atoms with E-state index in [1.54, 1.807) is 6.92 Å². The zero-order valence-electron chi connectivity index (χ0n) is 10.0. The number of nitro benzene ring substituents is 1. The van der Waals surface area contributed by atoms with Crippen molar-refractivity contribution in [2.75, 3.05) is 5.32 Å². The Morgan fingerprint density at radius 2 is 2.10 bits per heavy atom. The molecular formula is C11H7Cl2N3O4. The molecule has 0 saturated heterocycles. The van der Waals surface area contributed by atoms with Crippen LogP contribution < -0.4 is 5.32 Å². The number of nitrogens with one attached hydrogen (secondary N) is 1. The summed E-state index contributed by atoms with van der Waals surface area (Å²) in [7, 11) is 0. The number of carbonyl (C=O) groups excluding carboxylic acids is 1. The molecule has 104 valence electrons. The van der Waals surface area contributed by atoms with Gasteiger partial charge in [-0.3, -0.25) is 20.2 Å². The maximum atomic E-state index is 11.9. The smallest absolute Gasteiger partial charge is 0.290 e. The van der Waals surface area contributed by atoms with Crippen LogP contribution in [0.1, 0.15) is 16.1 Å². The highest BCUT2D eigenvalue weighted by atomic mass is 35.5. The van der Waals surface area contributed by atoms with E-state index in [9.17, 15) is 14.9 Å². The zero-order valence-corrected chi connectivity index (χ0v) is 11.5. The minimum Gasteiger partial charge on any atom is -0.338 e. The van der Waals surface area contributed by atoms with Crippen molar-refractivity contribution in [1.29, 1.82) is 0 Å². The Morgan fingerprint density at radius 1 is 1.40 bits per heavy atom. The minimum absolute atomic E-state index is 0.0137. The number of halogens is 2. The number of nitrogens with zero attached hydrogens (tertiary/aromatic N) is 2. The topological polar surface area (TPSA) is 98.3 Å². The molecule has 2 rings (SSSR count). The second-order valence-electron chi connectivity index (χ2n) is 3.83. The number of aromatic nitrogens is 1. The lowest BCUT2D eigenvalue weighted by Gasteiger charge is -2.04. The number of benzene rings is 1. The summed E-state index contributed by atoms with van der Waals surface area (Å²) >= 11 is 11.5. The van der Waals surface area contributed by atoms with Gasteiger partial charge in [-0.25, -0.2) is 0 Å². The first kappa shape index (κ1) is 14.3. The summed E-state index contributed by atoms with van der Waals surface area (Å²) in [5.41, 5.74) is 0.124. The van der Waals surface area contributed by atoms with Gasteiger partial charge in [0.1, 0.15) is 5.02 Å². The zero-order chi connectivity index (χ0) is 14.9. The van der Waals surface area contributed by atoms with Crippen molar-refractivity contribution in [3.05, 3.63) is 49.6 Å². The van der Waals surface area contributed by atoms with Gasteiger partial charge in [0.05, 0.1) is 15.6 Å². The quantitative estimate of drug-likeness (QED) is 0.690. The average molecular weight is 316 g/mol. The van der Waals surface area contributed by atoms with Crippen molar-refractivity contribution in [2.24, 2.45) is 0 Å². The lowest BCUT2D eigenvalue weighted by atomic mass is 10.2. The molecule has 20 heavy (non-hydrogen) atoms. The van der Waals surface area contributed by atoms with Crippen LogP contribution >= 0.6 is 23.2 Å². The van der Waals surface area contributed by atoms with Gasteiger partial charge in [0.15, 0.2) is 0 Å². The van der Waals surface area contributed by atoms with E-state index in [2.05, 4.69) is 10.5 Å². The van der Waals surface area contributed by atoms with Crippen molar-refractivity contribution in [2.45, 2.75) is 6.92 Å². The summed E-state index contributed by atoms with van der Waals surface area (Å²) < 4.78 is 4.81. The van der Waals surface area contributed by atoms with Crippen LogP contribution in [0.3, 0.4) is 0 Å². The fourth-order valence-electron chi connectivity index (χ4n) is 1.45. The lowest BCUT2D eigenvalue weighted by molar-refractivity contribution is -0.384. The largest absolute Gasteiger partial charge is 0.338 e. The highest BCUT2D eigenvalue weighted by molar-refractivity contribution is 6.43. The van der Waals surface area contributed by atoms with E-state index >= 15 is 0 Å². The minimum atomic E-state index is -0.719. The van der Waals surface area contributed by atoms with Gasteiger partial charge in [-0.15, -0.1) is 0 Å². The molecule has 0 radical (unpaired) electrons. The SMILES string of the molecule is Cc1cc(NC(=O)c2cc(Cl)c(Cl)c([N+](=O)[O-])c2)on1. The van der Waals surface area contributed by atoms with Crippen LogP contribution in [-0.4, -0.2) is 16.0 Å². The monoisotopic (exact) mass is 315 g/mol. The molecule has 0 aliphatic heterocycles. The first-order valence-electron chi connectivity index (χ1n) is 5.26. The second-order valence-corrected chi connectivity index (χ2v) is 4.62. The van der Waals surface area contributed by atoms with Crippen molar-refractivity contribution < 1.29 is 14.2 Å². The van der Waals surface area contributed by atoms with Crippen LogP contribution in [0.15, 0.2) is 22.7 Å². The van der Waals surface area contributed by atoms with E-state index in [1.807, 2.05) is 0 Å². The Labute approximate surface area is 122 Å². The van der Waals surface area contributed by atoms with Crippen LogP contribution in [0.2, 0.25) is 10.0 Å². The van der Waals surface area contributed by atoms with Gasteiger partial charge >= 0.3 is 0 Å². The predicted octanol–water partition coefficient (Wildman–Crippen LogP) is 3.45. The van der Waals surface area contributed by atoms with E-state index in [1.165, 1.54) is 12.1 Å². The molecule has 0 bridgehead atoms. The highest BCUT2D eigenvalue weighted by Crippen LogP contribution is 2.33. The summed E-state index contributed by atoms with van der Waals surface area (Å²) in [6, 6.07) is 3.77. The first-order chi connectivity index (χ1) is 9.38. The van der Waals surface area contributed by atoms with Crippen molar-refractivity contribution in [3.8, 4) is 0 Å². The Hall–Kier alpha value is -2.12. The van der Waals surface area contributed by atoms with Crippen LogP contribution in [0.4, 0.5) is 11.6 Å². The van der Waals surface area contributed by atoms with Crippen LogP contribution in [0.25, 0.3) is 0 Å². The highest BCUT2D eigenvalue weighted by Gasteiger charge is 2.20. The maximum Gasteiger partial charge on any atom is 0.290 e. The van der Waals surface area contributed by atoms with Crippen molar-refractivity contribution in [1.82, 2.24) is 5.16 Å². The van der Waals surface area contributed by atoms with Gasteiger partial charge in [0.2, 0.25) is 5.88 Å². The normalized spacial score (nSPS) is 10.3. The lowest BCUT2D eigenvalue weighted by Crippen LogP contribution is -2.11. The summed E-state index contributed by atoms with van der Waals surface area (Å²) in [5, 5.41) is 16.5. The number of amides is 1. The van der Waals surface area contributed by atoms with Crippen LogP contribution in [-0.2, 0) is 0 Å². The average Bonchev–Trinajstić information content (AvgIpc) is 2.77. The molecule has 0 aliphatic carbocycles. The van der Waals surface area contributed by atoms with E-state index in [0.717, 1.165) is 6.07 Å². The third-order valence-corrected chi connectivity index (χ3v) is 3.12. The predicted molar refractivity (Wildman–Crippen MR) is 72.3 cm³/mol. The van der Waals surface area contributed by atoms with Crippen LogP contribution in [0, 0.1) is 17.0 Å². The molecule has 0 aliphatic rings. The molecule has 0 unspecified atom stereocenters. The number of aryl methyl sites for hydroxylation is 1. The molecule has 1 N–H and O–H groups in total. The molecule has 1 aromatic heterocycles. The number of carbonyl (C=O) groups is 1. The fourth-order valence-corrected chi connectivity index (χ4v) is 1.84. The van der Waals surface area contributed by atoms with Gasteiger partial charge in [-0.05, 0) is 13.0 Å². The summed E-state index contributed by atoms with van der Waals surface area (Å²) in [5.74, 6) is -0.496. The fraction of sp³-hybridized carbons (Fsp3) is 0.0909. The van der Waals surface area contributed by atoms with E-state index in [-0.39, 0.29) is 21.5 Å². The van der Waals surface area contributed by atoms with Gasteiger partial charge in [0.25, 0.3) is 11.6 Å². The first-order valence-corrected chi connectivity index (χ1v) is 6.02. The standard InChI is InChI=1S/C11H7Cl2N3O4/c1-5-2-9(20-15-5)14-11(17)6-3-7(12)10(13)8(4-6)16(18)19/h2-4H,1H3,(H,14,17). The molecule has 1 aromatic carbocycles. The molecule has 1 amide bonds. The second kappa shape index (κ2) is 5.48. The third-order valence-electron chi connectivity index (χ3n) is 2.33. The molecule has 0 atom stereocenters. The van der Waals surface area contributed by atoms with Crippen molar-refractivity contribution in [3.63, 3.8) is 0 Å². The Bertz CT molecular complexity index is 699. The van der Waals surface area contributed by atoms with E-state index in [4.69, 9.17) is 27.7 Å². The Kier molecular flexibility index (Phi) is 3.91. The molecule has 1 heterocycles. The number of rotatable bonds is 3. The molecular weight excluding hydrogens is 309 g/mol. The molecule has 0 spiro atoms. The molecule has 0 fully saturated rings. The molecule has 7 nitrogen and oxygen atoms in total. The molecule has 2 aromatic rings. The summed E-state index contributed by atoms with van der Waals surface area (Å²) in [6.45, 7) is 1.68. The van der Waals surface area contributed by atoms with Gasteiger partial charge < -0.3 is 4.52 Å². The molecule has 0 saturated carbocycles. The van der Waals surface area contributed by atoms with Crippen molar-refractivity contribution >= 4 is 40.7 Å². The van der Waals surface area contributed by atoms with Crippen LogP contribution in [0.5, 0.6) is 0 Å².